The Balaban J connectivity index is 2.26. The Morgan fingerprint density at radius 3 is 2.93 bits per heavy atom. The summed E-state index contributed by atoms with van der Waals surface area (Å²) in [6, 6.07) is 1.93. The van der Waals surface area contributed by atoms with Crippen LogP contribution in [-0.4, -0.2) is 25.2 Å². The third-order valence-electron chi connectivity index (χ3n) is 2.76. The van der Waals surface area contributed by atoms with Gasteiger partial charge in [-0.2, -0.15) is 0 Å². The molecule has 4 heteroatoms. The number of fused-ring (bicyclic) bond motifs is 1. The number of hydrogen-bond acceptors (Lipinski definition) is 4. The Kier molecular flexibility index (Phi) is 2.58. The maximum atomic E-state index is 11.4. The molecule has 15 heavy (non-hydrogen) atoms. The van der Waals surface area contributed by atoms with Crippen LogP contribution in [0.2, 0.25) is 0 Å². The van der Waals surface area contributed by atoms with Crippen molar-refractivity contribution < 1.29 is 14.3 Å². The number of hydrogen-bond donors (Lipinski definition) is 0. The lowest BCUT2D eigenvalue weighted by molar-refractivity contribution is -0.145. The molecule has 0 fully saturated rings. The van der Waals surface area contributed by atoms with Crippen molar-refractivity contribution in [3.63, 3.8) is 0 Å². The van der Waals surface area contributed by atoms with E-state index in [4.69, 9.17) is 9.47 Å². The van der Waals surface area contributed by atoms with Crippen molar-refractivity contribution in [1.82, 2.24) is 4.98 Å². The van der Waals surface area contributed by atoms with E-state index < -0.39 is 0 Å². The lowest BCUT2D eigenvalue weighted by atomic mass is 10.1. The van der Waals surface area contributed by atoms with Crippen molar-refractivity contribution in [3.8, 4) is 5.88 Å². The topological polar surface area (TPSA) is 48.4 Å². The van der Waals surface area contributed by atoms with Crippen molar-refractivity contribution in [3.05, 3.63) is 23.4 Å². The zero-order valence-electron chi connectivity index (χ0n) is 8.82. The lowest BCUT2D eigenvalue weighted by Crippen LogP contribution is -2.16. The summed E-state index contributed by atoms with van der Waals surface area (Å²) in [7, 11) is 3.01. The Morgan fingerprint density at radius 2 is 2.27 bits per heavy atom. The van der Waals surface area contributed by atoms with E-state index in [-0.39, 0.29) is 11.9 Å². The third kappa shape index (κ3) is 1.67. The highest BCUT2D eigenvalue weighted by molar-refractivity contribution is 5.74. The van der Waals surface area contributed by atoms with E-state index in [9.17, 15) is 4.79 Å². The predicted octanol–water partition coefficient (Wildman–Crippen LogP) is 0.978. The molecule has 0 saturated heterocycles. The van der Waals surface area contributed by atoms with Gasteiger partial charge in [-0.15, -0.1) is 0 Å². The van der Waals surface area contributed by atoms with Crippen molar-refractivity contribution in [2.45, 2.75) is 12.8 Å². The van der Waals surface area contributed by atoms with E-state index in [2.05, 4.69) is 4.98 Å². The molecule has 0 N–H and O–H groups in total. The number of ether oxygens (including phenoxy) is 2. The summed E-state index contributed by atoms with van der Waals surface area (Å²) in [5, 5.41) is 0. The summed E-state index contributed by atoms with van der Waals surface area (Å²) >= 11 is 0. The minimum Gasteiger partial charge on any atom is -0.481 e. The average Bonchev–Trinajstić information content (AvgIpc) is 2.71. The molecule has 1 heterocycles. The molecule has 2 rings (SSSR count). The first-order valence-electron chi connectivity index (χ1n) is 4.84. The molecule has 0 saturated carbocycles. The molecule has 1 atom stereocenters. The monoisotopic (exact) mass is 207 g/mol. The third-order valence-corrected chi connectivity index (χ3v) is 2.76. The number of methoxy groups -OCH3 is 2. The van der Waals surface area contributed by atoms with Crippen molar-refractivity contribution >= 4 is 5.97 Å². The maximum Gasteiger partial charge on any atom is 0.309 e. The Labute approximate surface area is 88.2 Å². The van der Waals surface area contributed by atoms with Crippen LogP contribution in [0.5, 0.6) is 5.88 Å². The Hall–Kier alpha value is -1.58. The quantitative estimate of drug-likeness (QED) is 0.678. The van der Waals surface area contributed by atoms with Crippen molar-refractivity contribution in [2.75, 3.05) is 14.2 Å². The van der Waals surface area contributed by atoms with E-state index in [1.54, 1.807) is 13.3 Å². The largest absolute Gasteiger partial charge is 0.481 e. The van der Waals surface area contributed by atoms with E-state index in [0.717, 1.165) is 17.5 Å². The van der Waals surface area contributed by atoms with Gasteiger partial charge >= 0.3 is 5.97 Å². The van der Waals surface area contributed by atoms with Crippen LogP contribution in [0.4, 0.5) is 0 Å². The molecule has 0 aliphatic heterocycles. The first-order valence-corrected chi connectivity index (χ1v) is 4.84. The first-order chi connectivity index (χ1) is 7.26. The van der Waals surface area contributed by atoms with Crippen molar-refractivity contribution in [1.29, 1.82) is 0 Å². The van der Waals surface area contributed by atoms with Gasteiger partial charge in [0, 0.05) is 11.8 Å². The van der Waals surface area contributed by atoms with Gasteiger partial charge in [-0.05, 0) is 24.5 Å². The summed E-state index contributed by atoms with van der Waals surface area (Å²) in [6.45, 7) is 0. The lowest BCUT2D eigenvalue weighted by Gasteiger charge is -2.05. The van der Waals surface area contributed by atoms with Crippen LogP contribution in [0.3, 0.4) is 0 Å². The smallest absolute Gasteiger partial charge is 0.309 e. The molecule has 0 aromatic carbocycles. The minimum absolute atomic E-state index is 0.0805. The maximum absolute atomic E-state index is 11.4. The number of nitrogens with zero attached hydrogens (tertiary/aromatic N) is 1. The Morgan fingerprint density at radius 1 is 1.47 bits per heavy atom. The molecule has 0 amide bonds. The number of pyridine rings is 1. The number of rotatable bonds is 2. The van der Waals surface area contributed by atoms with Gasteiger partial charge in [-0.1, -0.05) is 0 Å². The molecular formula is C11H13NO3. The highest BCUT2D eigenvalue weighted by Gasteiger charge is 2.30. The fourth-order valence-corrected chi connectivity index (χ4v) is 2.01. The highest BCUT2D eigenvalue weighted by Crippen LogP contribution is 2.32. The average molecular weight is 207 g/mol. The van der Waals surface area contributed by atoms with Gasteiger partial charge in [-0.3, -0.25) is 4.79 Å². The van der Waals surface area contributed by atoms with Gasteiger partial charge in [0.15, 0.2) is 0 Å². The number of carbonyl (C=O) groups is 1. The number of carbonyl (C=O) groups excluding carboxylic acids is 1. The molecular weight excluding hydrogens is 194 g/mol. The van der Waals surface area contributed by atoms with Gasteiger partial charge in [0.2, 0.25) is 5.88 Å². The number of aromatic nitrogens is 1. The second-order valence-electron chi connectivity index (χ2n) is 3.59. The molecule has 1 aliphatic rings. The SMILES string of the molecule is COC(=O)C1Cc2ccnc(OC)c2C1. The van der Waals surface area contributed by atoms with Gasteiger partial charge in [-0.25, -0.2) is 4.98 Å². The fraction of sp³-hybridized carbons (Fsp3) is 0.455. The zero-order valence-corrected chi connectivity index (χ0v) is 8.82. The second kappa shape index (κ2) is 3.88. The van der Waals surface area contributed by atoms with Crippen LogP contribution in [0.15, 0.2) is 12.3 Å². The summed E-state index contributed by atoms with van der Waals surface area (Å²) in [6.07, 6.45) is 3.09. The molecule has 80 valence electrons. The normalized spacial score (nSPS) is 18.4. The van der Waals surface area contributed by atoms with Gasteiger partial charge < -0.3 is 9.47 Å². The molecule has 1 aromatic heterocycles. The molecule has 1 unspecified atom stereocenters. The molecule has 1 aliphatic carbocycles. The van der Waals surface area contributed by atoms with E-state index in [1.807, 2.05) is 6.07 Å². The van der Waals surface area contributed by atoms with Crippen LogP contribution in [0.1, 0.15) is 11.1 Å². The summed E-state index contributed by atoms with van der Waals surface area (Å²) in [5.41, 5.74) is 2.17. The van der Waals surface area contributed by atoms with E-state index in [0.29, 0.717) is 12.3 Å². The molecule has 0 bridgehead atoms. The van der Waals surface area contributed by atoms with Crippen LogP contribution in [-0.2, 0) is 22.4 Å². The summed E-state index contributed by atoms with van der Waals surface area (Å²) in [5.74, 6) is 0.384. The second-order valence-corrected chi connectivity index (χ2v) is 3.59. The highest BCUT2D eigenvalue weighted by atomic mass is 16.5. The fourth-order valence-electron chi connectivity index (χ4n) is 2.01. The standard InChI is InChI=1S/C11H13NO3/c1-14-10-9-6-8(11(13)15-2)5-7(9)3-4-12-10/h3-4,8H,5-6H2,1-2H3. The van der Waals surface area contributed by atoms with Gasteiger partial charge in [0.25, 0.3) is 0 Å². The van der Waals surface area contributed by atoms with E-state index >= 15 is 0 Å². The molecule has 4 nitrogen and oxygen atoms in total. The predicted molar refractivity (Wildman–Crippen MR) is 53.7 cm³/mol. The van der Waals surface area contributed by atoms with Crippen LogP contribution in [0, 0.1) is 5.92 Å². The molecule has 0 spiro atoms. The van der Waals surface area contributed by atoms with Gasteiger partial charge in [0.1, 0.15) is 0 Å². The first kappa shape index (κ1) is 9.96. The summed E-state index contributed by atoms with van der Waals surface area (Å²) in [4.78, 5) is 15.5. The zero-order chi connectivity index (χ0) is 10.8. The number of esters is 1. The van der Waals surface area contributed by atoms with Crippen molar-refractivity contribution in [2.24, 2.45) is 5.92 Å². The van der Waals surface area contributed by atoms with Crippen LogP contribution < -0.4 is 4.74 Å². The van der Waals surface area contributed by atoms with Crippen LogP contribution >= 0.6 is 0 Å². The van der Waals surface area contributed by atoms with E-state index in [1.165, 1.54) is 7.11 Å². The Bertz CT molecular complexity index is 389. The molecule has 1 aromatic rings. The van der Waals surface area contributed by atoms with Crippen LogP contribution in [0.25, 0.3) is 0 Å². The summed E-state index contributed by atoms with van der Waals surface area (Å²) < 4.78 is 9.89. The molecule has 0 radical (unpaired) electrons. The minimum atomic E-state index is -0.159. The van der Waals surface area contributed by atoms with Gasteiger partial charge in [0.05, 0.1) is 20.1 Å².